The summed E-state index contributed by atoms with van der Waals surface area (Å²) in [7, 11) is 0. The lowest BCUT2D eigenvalue weighted by Gasteiger charge is -2.16. The zero-order valence-corrected chi connectivity index (χ0v) is 10.1. The zero-order chi connectivity index (χ0) is 11.6. The van der Waals surface area contributed by atoms with Crippen LogP contribution in [0, 0.1) is 11.3 Å². The summed E-state index contributed by atoms with van der Waals surface area (Å²) in [5.41, 5.74) is 7.45. The van der Waals surface area contributed by atoms with Crippen molar-refractivity contribution in [2.45, 2.75) is 26.7 Å². The second-order valence-electron chi connectivity index (χ2n) is 5.08. The van der Waals surface area contributed by atoms with Crippen molar-refractivity contribution < 1.29 is 0 Å². The van der Waals surface area contributed by atoms with Crippen molar-refractivity contribution in [2.75, 3.05) is 6.54 Å². The lowest BCUT2D eigenvalue weighted by atomic mass is 9.93. The highest BCUT2D eigenvalue weighted by molar-refractivity contribution is 5.97. The molecule has 0 aromatic heterocycles. The van der Waals surface area contributed by atoms with E-state index < -0.39 is 0 Å². The smallest absolute Gasteiger partial charge is 0.125 e. The molecule has 0 unspecified atom stereocenters. The third-order valence-corrected chi connectivity index (χ3v) is 3.75. The number of benzene rings is 1. The quantitative estimate of drug-likeness (QED) is 0.610. The summed E-state index contributed by atoms with van der Waals surface area (Å²) in [5.74, 6) is 1.38. The number of nitrogens with zero attached hydrogens (tertiary/aromatic N) is 1. The first-order valence-corrected chi connectivity index (χ1v) is 5.99. The molecule has 16 heavy (non-hydrogen) atoms. The van der Waals surface area contributed by atoms with E-state index in [1.54, 1.807) is 0 Å². The second-order valence-corrected chi connectivity index (χ2v) is 5.08. The first-order valence-electron chi connectivity index (χ1n) is 5.99. The van der Waals surface area contributed by atoms with Gasteiger partial charge in [-0.3, -0.25) is 4.99 Å². The van der Waals surface area contributed by atoms with Crippen molar-refractivity contribution in [1.29, 1.82) is 0 Å². The number of nitrogens with two attached hydrogens (primary N) is 1. The molecule has 1 fully saturated rings. The van der Waals surface area contributed by atoms with E-state index in [-0.39, 0.29) is 0 Å². The van der Waals surface area contributed by atoms with Crippen LogP contribution >= 0.6 is 0 Å². The Morgan fingerprint density at radius 2 is 1.94 bits per heavy atom. The minimum absolute atomic E-state index is 0.444. The molecule has 0 radical (unpaired) electrons. The van der Waals surface area contributed by atoms with Gasteiger partial charge in [-0.15, -0.1) is 0 Å². The lowest BCUT2D eigenvalue weighted by Crippen LogP contribution is -2.19. The fraction of sp³-hybridized carbons (Fsp3) is 0.500. The molecule has 86 valence electrons. The molecule has 0 bridgehead atoms. The Balaban J connectivity index is 2.03. The highest BCUT2D eigenvalue weighted by Crippen LogP contribution is 2.51. The summed E-state index contributed by atoms with van der Waals surface area (Å²) >= 11 is 0. The fourth-order valence-electron chi connectivity index (χ4n) is 2.02. The number of aliphatic imine (C=N–C) groups is 1. The van der Waals surface area contributed by atoms with Crippen LogP contribution in [0.15, 0.2) is 35.3 Å². The van der Waals surface area contributed by atoms with Crippen LogP contribution in [0.1, 0.15) is 32.3 Å². The van der Waals surface area contributed by atoms with E-state index in [0.717, 1.165) is 12.1 Å². The highest BCUT2D eigenvalue weighted by atomic mass is 14.9. The molecular formula is C14H20N2. The second kappa shape index (κ2) is 4.28. The third-order valence-electron chi connectivity index (χ3n) is 3.75. The molecule has 2 N–H and O–H groups in total. The Hall–Kier alpha value is -1.31. The Labute approximate surface area is 97.6 Å². The summed E-state index contributed by atoms with van der Waals surface area (Å²) in [5, 5.41) is 0. The maximum absolute atomic E-state index is 5.98. The van der Waals surface area contributed by atoms with Gasteiger partial charge in [-0.25, -0.2) is 0 Å². The van der Waals surface area contributed by atoms with Crippen molar-refractivity contribution in [3.63, 3.8) is 0 Å². The van der Waals surface area contributed by atoms with E-state index in [0.29, 0.717) is 17.2 Å². The molecule has 0 amide bonds. The fourth-order valence-corrected chi connectivity index (χ4v) is 2.02. The molecule has 2 nitrogen and oxygen atoms in total. The van der Waals surface area contributed by atoms with E-state index in [9.17, 15) is 0 Å². The Morgan fingerprint density at radius 3 is 2.44 bits per heavy atom. The topological polar surface area (TPSA) is 38.4 Å². The van der Waals surface area contributed by atoms with E-state index in [1.165, 1.54) is 12.8 Å². The van der Waals surface area contributed by atoms with Crippen molar-refractivity contribution in [2.24, 2.45) is 22.1 Å². The van der Waals surface area contributed by atoms with E-state index >= 15 is 0 Å². The molecule has 0 heterocycles. The summed E-state index contributed by atoms with van der Waals surface area (Å²) in [6, 6.07) is 9.99. The molecule has 0 aliphatic heterocycles. The standard InChI is InChI=1S/C14H20N2/c1-11(2)14(8-9-14)10-16-13(15)12-6-4-3-5-7-12/h3-7,11H,8-10H2,1-2H3,(H2,15,16). The summed E-state index contributed by atoms with van der Waals surface area (Å²) in [4.78, 5) is 4.54. The molecule has 2 rings (SSSR count). The van der Waals surface area contributed by atoms with Gasteiger partial charge in [0, 0.05) is 12.1 Å². The lowest BCUT2D eigenvalue weighted by molar-refractivity contribution is 0.371. The molecular weight excluding hydrogens is 196 g/mol. The minimum Gasteiger partial charge on any atom is -0.384 e. The van der Waals surface area contributed by atoms with Crippen LogP contribution in [0.5, 0.6) is 0 Å². The van der Waals surface area contributed by atoms with Crippen LogP contribution in [-0.2, 0) is 0 Å². The van der Waals surface area contributed by atoms with Crippen LogP contribution in [0.25, 0.3) is 0 Å². The highest BCUT2D eigenvalue weighted by Gasteiger charge is 2.44. The molecule has 1 aromatic carbocycles. The monoisotopic (exact) mass is 216 g/mol. The Kier molecular flexibility index (Phi) is 2.99. The number of amidine groups is 1. The zero-order valence-electron chi connectivity index (χ0n) is 10.1. The maximum Gasteiger partial charge on any atom is 0.125 e. The first-order chi connectivity index (χ1) is 7.64. The number of hydrogen-bond acceptors (Lipinski definition) is 1. The normalized spacial score (nSPS) is 18.8. The Morgan fingerprint density at radius 1 is 1.31 bits per heavy atom. The van der Waals surface area contributed by atoms with Gasteiger partial charge >= 0.3 is 0 Å². The third kappa shape index (κ3) is 2.26. The van der Waals surface area contributed by atoms with Gasteiger partial charge in [-0.2, -0.15) is 0 Å². The van der Waals surface area contributed by atoms with Gasteiger partial charge in [0.05, 0.1) is 0 Å². The molecule has 1 saturated carbocycles. The maximum atomic E-state index is 5.98. The van der Waals surface area contributed by atoms with Gasteiger partial charge in [0.15, 0.2) is 0 Å². The summed E-state index contributed by atoms with van der Waals surface area (Å²) in [6.45, 7) is 5.44. The number of rotatable bonds is 4. The molecule has 1 aromatic rings. The van der Waals surface area contributed by atoms with E-state index in [4.69, 9.17) is 5.73 Å². The van der Waals surface area contributed by atoms with Crippen molar-refractivity contribution >= 4 is 5.84 Å². The number of hydrogen-bond donors (Lipinski definition) is 1. The van der Waals surface area contributed by atoms with Crippen molar-refractivity contribution in [1.82, 2.24) is 0 Å². The van der Waals surface area contributed by atoms with Gasteiger partial charge in [-0.1, -0.05) is 44.2 Å². The van der Waals surface area contributed by atoms with Crippen LogP contribution in [0.2, 0.25) is 0 Å². The average molecular weight is 216 g/mol. The molecule has 0 spiro atoms. The largest absolute Gasteiger partial charge is 0.384 e. The van der Waals surface area contributed by atoms with Gasteiger partial charge in [0.2, 0.25) is 0 Å². The van der Waals surface area contributed by atoms with Crippen molar-refractivity contribution in [3.8, 4) is 0 Å². The molecule has 2 heteroatoms. The van der Waals surface area contributed by atoms with Gasteiger partial charge in [-0.05, 0) is 24.2 Å². The van der Waals surface area contributed by atoms with Crippen LogP contribution in [0.3, 0.4) is 0 Å². The average Bonchev–Trinajstić information content (AvgIpc) is 3.08. The SMILES string of the molecule is CC(C)C1(CN=C(N)c2ccccc2)CC1. The predicted octanol–water partition coefficient (Wildman–Crippen LogP) is 2.83. The molecule has 0 saturated heterocycles. The molecule has 1 aliphatic carbocycles. The van der Waals surface area contributed by atoms with Gasteiger partial charge in [0.1, 0.15) is 5.84 Å². The van der Waals surface area contributed by atoms with Crippen LogP contribution in [-0.4, -0.2) is 12.4 Å². The summed E-state index contributed by atoms with van der Waals surface area (Å²) < 4.78 is 0. The van der Waals surface area contributed by atoms with Gasteiger partial charge in [0.25, 0.3) is 0 Å². The van der Waals surface area contributed by atoms with E-state index in [2.05, 4.69) is 18.8 Å². The summed E-state index contributed by atoms with van der Waals surface area (Å²) in [6.07, 6.45) is 2.60. The van der Waals surface area contributed by atoms with E-state index in [1.807, 2.05) is 30.3 Å². The van der Waals surface area contributed by atoms with Crippen LogP contribution < -0.4 is 5.73 Å². The minimum atomic E-state index is 0.444. The molecule has 1 aliphatic rings. The van der Waals surface area contributed by atoms with Crippen LogP contribution in [0.4, 0.5) is 0 Å². The molecule has 0 atom stereocenters. The predicted molar refractivity (Wildman–Crippen MR) is 68.5 cm³/mol. The van der Waals surface area contributed by atoms with Gasteiger partial charge < -0.3 is 5.73 Å². The first kappa shape index (κ1) is 11.2. The Bertz CT molecular complexity index is 375. The van der Waals surface area contributed by atoms with Crippen molar-refractivity contribution in [3.05, 3.63) is 35.9 Å².